The van der Waals surface area contributed by atoms with Crippen LogP contribution < -0.4 is 10.1 Å². The third-order valence-corrected chi connectivity index (χ3v) is 3.46. The van der Waals surface area contributed by atoms with Crippen molar-refractivity contribution in [2.75, 3.05) is 13.7 Å². The average Bonchev–Trinajstić information content (AvgIpc) is 2.29. The van der Waals surface area contributed by atoms with Gasteiger partial charge < -0.3 is 10.1 Å². The molecule has 0 saturated carbocycles. The highest BCUT2D eigenvalue weighted by Gasteiger charge is 2.28. The first-order valence-corrected chi connectivity index (χ1v) is 7.26. The van der Waals surface area contributed by atoms with E-state index in [1.165, 1.54) is 5.56 Å². The molecule has 1 aromatic rings. The highest BCUT2D eigenvalue weighted by molar-refractivity contribution is 9.10. The average molecular weight is 314 g/mol. The number of benzene rings is 1. The number of hydrogen-bond donors (Lipinski definition) is 1. The van der Waals surface area contributed by atoms with Gasteiger partial charge in [-0.2, -0.15) is 0 Å². The Labute approximate surface area is 119 Å². The van der Waals surface area contributed by atoms with Crippen LogP contribution in [0.4, 0.5) is 0 Å². The molecular weight excluding hydrogens is 290 g/mol. The van der Waals surface area contributed by atoms with Crippen molar-refractivity contribution in [1.82, 2.24) is 5.32 Å². The van der Waals surface area contributed by atoms with E-state index < -0.39 is 0 Å². The first-order chi connectivity index (χ1) is 8.40. The van der Waals surface area contributed by atoms with E-state index in [1.54, 1.807) is 7.11 Å². The second-order valence-electron chi connectivity index (χ2n) is 5.64. The molecule has 2 nitrogen and oxygen atoms in total. The summed E-state index contributed by atoms with van der Waals surface area (Å²) in [5, 5.41) is 3.62. The number of rotatable bonds is 5. The molecule has 0 aliphatic heterocycles. The second-order valence-corrected chi connectivity index (χ2v) is 6.56. The van der Waals surface area contributed by atoms with Gasteiger partial charge in [-0.3, -0.25) is 0 Å². The first-order valence-electron chi connectivity index (χ1n) is 6.47. The minimum Gasteiger partial charge on any atom is -0.496 e. The zero-order valence-corrected chi connectivity index (χ0v) is 13.6. The van der Waals surface area contributed by atoms with Gasteiger partial charge in [0.2, 0.25) is 0 Å². The van der Waals surface area contributed by atoms with Crippen LogP contribution in [0.5, 0.6) is 5.75 Å². The third-order valence-electron chi connectivity index (χ3n) is 2.97. The van der Waals surface area contributed by atoms with Crippen LogP contribution in [0.3, 0.4) is 0 Å². The van der Waals surface area contributed by atoms with Crippen molar-refractivity contribution in [2.45, 2.75) is 40.2 Å². The van der Waals surface area contributed by atoms with E-state index in [-0.39, 0.29) is 5.41 Å². The molecule has 0 amide bonds. The summed E-state index contributed by atoms with van der Waals surface area (Å²) >= 11 is 3.49. The zero-order valence-electron chi connectivity index (χ0n) is 12.0. The van der Waals surface area contributed by atoms with Crippen LogP contribution in [-0.2, 0) is 0 Å². The van der Waals surface area contributed by atoms with E-state index in [1.807, 2.05) is 6.07 Å². The van der Waals surface area contributed by atoms with E-state index in [0.717, 1.165) is 23.2 Å². The topological polar surface area (TPSA) is 21.3 Å². The van der Waals surface area contributed by atoms with Gasteiger partial charge in [0.1, 0.15) is 5.75 Å². The van der Waals surface area contributed by atoms with Crippen LogP contribution >= 0.6 is 15.9 Å². The van der Waals surface area contributed by atoms with Gasteiger partial charge in [-0.05, 0) is 30.5 Å². The molecule has 1 aromatic carbocycles. The highest BCUT2D eigenvalue weighted by atomic mass is 79.9. The summed E-state index contributed by atoms with van der Waals surface area (Å²) in [6.07, 6.45) is 1.13. The van der Waals surface area contributed by atoms with Gasteiger partial charge in [-0.25, -0.2) is 0 Å². The summed E-state index contributed by atoms with van der Waals surface area (Å²) in [6, 6.07) is 6.54. The smallest absolute Gasteiger partial charge is 0.124 e. The molecule has 1 N–H and O–H groups in total. The fourth-order valence-electron chi connectivity index (χ4n) is 2.09. The summed E-state index contributed by atoms with van der Waals surface area (Å²) in [5.74, 6) is 0.938. The Hall–Kier alpha value is -0.540. The van der Waals surface area contributed by atoms with Crippen molar-refractivity contribution in [3.05, 3.63) is 28.2 Å². The lowest BCUT2D eigenvalue weighted by Crippen LogP contribution is -2.33. The minimum absolute atomic E-state index is 0.149. The maximum Gasteiger partial charge on any atom is 0.124 e. The van der Waals surface area contributed by atoms with E-state index >= 15 is 0 Å². The first kappa shape index (κ1) is 15.5. The van der Waals surface area contributed by atoms with Crippen molar-refractivity contribution in [1.29, 1.82) is 0 Å². The van der Waals surface area contributed by atoms with E-state index in [2.05, 4.69) is 61.1 Å². The van der Waals surface area contributed by atoms with Crippen molar-refractivity contribution >= 4 is 15.9 Å². The molecule has 0 aliphatic rings. The van der Waals surface area contributed by atoms with Crippen LogP contribution in [0.15, 0.2) is 22.7 Å². The van der Waals surface area contributed by atoms with Gasteiger partial charge in [-0.1, -0.05) is 49.7 Å². The molecule has 0 heterocycles. The molecule has 1 atom stereocenters. The molecule has 0 radical (unpaired) electrons. The number of nitrogens with one attached hydrogen (secondary N) is 1. The number of hydrogen-bond acceptors (Lipinski definition) is 2. The van der Waals surface area contributed by atoms with E-state index in [4.69, 9.17) is 4.74 Å². The van der Waals surface area contributed by atoms with Crippen LogP contribution in [0, 0.1) is 5.41 Å². The zero-order chi connectivity index (χ0) is 13.8. The van der Waals surface area contributed by atoms with Crippen molar-refractivity contribution in [3.8, 4) is 5.75 Å². The molecule has 0 aromatic heterocycles. The molecule has 102 valence electrons. The fourth-order valence-corrected chi connectivity index (χ4v) is 2.43. The van der Waals surface area contributed by atoms with E-state index in [9.17, 15) is 0 Å². The largest absolute Gasteiger partial charge is 0.496 e. The molecule has 3 heteroatoms. The minimum atomic E-state index is 0.149. The Morgan fingerprint density at radius 1 is 1.33 bits per heavy atom. The Morgan fingerprint density at radius 3 is 2.50 bits per heavy atom. The Bertz CT molecular complexity index is 385. The van der Waals surface area contributed by atoms with Crippen molar-refractivity contribution in [2.24, 2.45) is 5.41 Å². The number of halogens is 1. The maximum absolute atomic E-state index is 5.51. The van der Waals surface area contributed by atoms with Crippen LogP contribution in [0.1, 0.15) is 45.7 Å². The second kappa shape index (κ2) is 6.58. The highest BCUT2D eigenvalue weighted by Crippen LogP contribution is 2.38. The van der Waals surface area contributed by atoms with Crippen LogP contribution in [-0.4, -0.2) is 13.7 Å². The van der Waals surface area contributed by atoms with E-state index in [0.29, 0.717) is 6.04 Å². The lowest BCUT2D eigenvalue weighted by molar-refractivity contribution is 0.265. The predicted molar refractivity (Wildman–Crippen MR) is 81.2 cm³/mol. The standard InChI is InChI=1S/C15H24BrNO/c1-6-9-17-14(15(2,3)4)12-8-7-11(16)10-13(12)18-5/h7-8,10,14,17H,6,9H2,1-5H3. The molecule has 0 spiro atoms. The molecular formula is C15H24BrNO. The number of ether oxygens (including phenoxy) is 1. The maximum atomic E-state index is 5.51. The molecule has 0 bridgehead atoms. The predicted octanol–water partition coefficient (Wildman–Crippen LogP) is 4.54. The molecule has 0 fully saturated rings. The Morgan fingerprint density at radius 2 is 2.00 bits per heavy atom. The fraction of sp³-hybridized carbons (Fsp3) is 0.600. The monoisotopic (exact) mass is 313 g/mol. The van der Waals surface area contributed by atoms with Crippen molar-refractivity contribution < 1.29 is 4.74 Å². The summed E-state index contributed by atoms with van der Waals surface area (Å²) < 4.78 is 6.56. The molecule has 1 unspecified atom stereocenters. The Balaban J connectivity index is 3.12. The summed E-state index contributed by atoms with van der Waals surface area (Å²) in [4.78, 5) is 0. The van der Waals surface area contributed by atoms with Crippen LogP contribution in [0.2, 0.25) is 0 Å². The quantitative estimate of drug-likeness (QED) is 0.861. The molecule has 0 saturated heterocycles. The van der Waals surface area contributed by atoms with Gasteiger partial charge in [0, 0.05) is 16.1 Å². The van der Waals surface area contributed by atoms with Crippen LogP contribution in [0.25, 0.3) is 0 Å². The normalized spacial score (nSPS) is 13.4. The molecule has 0 aliphatic carbocycles. The summed E-state index contributed by atoms with van der Waals surface area (Å²) in [6.45, 7) is 9.96. The SMILES string of the molecule is CCCNC(c1ccc(Br)cc1OC)C(C)(C)C. The van der Waals surface area contributed by atoms with Gasteiger partial charge in [-0.15, -0.1) is 0 Å². The lowest BCUT2D eigenvalue weighted by atomic mass is 9.82. The Kier molecular flexibility index (Phi) is 5.67. The lowest BCUT2D eigenvalue weighted by Gasteiger charge is -2.33. The van der Waals surface area contributed by atoms with Gasteiger partial charge in [0.05, 0.1) is 7.11 Å². The van der Waals surface area contributed by atoms with Crippen molar-refractivity contribution in [3.63, 3.8) is 0 Å². The molecule has 18 heavy (non-hydrogen) atoms. The van der Waals surface area contributed by atoms with Gasteiger partial charge in [0.15, 0.2) is 0 Å². The summed E-state index contributed by atoms with van der Waals surface area (Å²) in [5.41, 5.74) is 1.37. The third kappa shape index (κ3) is 3.99. The summed E-state index contributed by atoms with van der Waals surface area (Å²) in [7, 11) is 1.73. The molecule has 1 rings (SSSR count). The van der Waals surface area contributed by atoms with Gasteiger partial charge in [0.25, 0.3) is 0 Å². The van der Waals surface area contributed by atoms with Gasteiger partial charge >= 0.3 is 0 Å². The number of methoxy groups -OCH3 is 1.